The Hall–Kier alpha value is -1.39. The third-order valence-electron chi connectivity index (χ3n) is 14.9. The molecule has 0 bridgehead atoms. The Morgan fingerprint density at radius 1 is 1.00 bits per heavy atom. The number of carbonyl (C=O) groups is 2. The van der Waals surface area contributed by atoms with Gasteiger partial charge in [0.25, 0.3) is 0 Å². The molecule has 6 aliphatic carbocycles. The van der Waals surface area contributed by atoms with Crippen molar-refractivity contribution >= 4 is 23.4 Å². The predicted molar refractivity (Wildman–Crippen MR) is 184 cm³/mol. The third kappa shape index (κ3) is 4.83. The Morgan fingerprint density at radius 3 is 2.40 bits per heavy atom. The van der Waals surface area contributed by atoms with Gasteiger partial charge in [0.05, 0.1) is 12.5 Å². The van der Waals surface area contributed by atoms with E-state index in [-0.39, 0.29) is 45.0 Å². The minimum atomic E-state index is -0.190. The largest absolute Gasteiger partial charge is 0.466 e. The maximum Gasteiger partial charge on any atom is 0.309 e. The number of hydrogen-bond acceptors (Lipinski definition) is 4. The number of nitrogens with one attached hydrogen (secondary N) is 1. The highest BCUT2D eigenvalue weighted by Crippen LogP contribution is 2.76. The minimum absolute atomic E-state index is 0.0124. The van der Waals surface area contributed by atoms with Crippen LogP contribution in [0.1, 0.15) is 126 Å². The number of allylic oxidation sites excluding steroid dienone is 5. The number of fused-ring (bicyclic) bond motifs is 7. The van der Waals surface area contributed by atoms with E-state index in [1.807, 2.05) is 6.92 Å². The number of esters is 1. The van der Waals surface area contributed by atoms with Gasteiger partial charge in [-0.05, 0) is 139 Å². The summed E-state index contributed by atoms with van der Waals surface area (Å²) < 4.78 is 5.35. The highest BCUT2D eigenvalue weighted by molar-refractivity contribution is 6.18. The molecule has 0 radical (unpaired) electrons. The monoisotopic (exact) mass is 637 g/mol. The van der Waals surface area contributed by atoms with Crippen LogP contribution in [-0.4, -0.2) is 36.3 Å². The third-order valence-corrected chi connectivity index (χ3v) is 15.1. The van der Waals surface area contributed by atoms with Gasteiger partial charge in [0.2, 0.25) is 0 Å². The van der Waals surface area contributed by atoms with E-state index >= 15 is 0 Å². The number of alkyl halides is 1. The van der Waals surface area contributed by atoms with Crippen LogP contribution in [0.3, 0.4) is 0 Å². The standard InChI is InChI=1S/C40H60ClNO3/c1-9-45-35(44)27-12-10-26(11-13-27)28-16-18-37(6)31(36(28,4)5)17-19-39(8)32(37)15-14-29-34-33(25(2)3)30(43)24-40(34,42-23-22-41)21-20-38(29,39)7/h10,16,25,27,29,31-32,42H,9,11-15,17-24H2,1-8H3/t27?,29-,31?,32?,37+,38-,39-,40-/m1/s1. The van der Waals surface area contributed by atoms with E-state index in [9.17, 15) is 9.59 Å². The summed E-state index contributed by atoms with van der Waals surface area (Å²) in [4.78, 5) is 26.1. The molecule has 8 atom stereocenters. The summed E-state index contributed by atoms with van der Waals surface area (Å²) in [6.07, 6.45) is 16.7. The van der Waals surface area contributed by atoms with Gasteiger partial charge in [0.1, 0.15) is 0 Å². The molecule has 0 heterocycles. The van der Waals surface area contributed by atoms with Crippen LogP contribution >= 0.6 is 11.6 Å². The molecule has 0 saturated heterocycles. The Labute approximate surface area is 278 Å². The highest BCUT2D eigenvalue weighted by Gasteiger charge is 2.69. The van der Waals surface area contributed by atoms with Crippen LogP contribution in [0, 0.1) is 51.2 Å². The van der Waals surface area contributed by atoms with Crippen molar-refractivity contribution in [3.05, 3.63) is 34.4 Å². The van der Waals surface area contributed by atoms with Crippen molar-refractivity contribution in [1.82, 2.24) is 5.32 Å². The molecule has 3 fully saturated rings. The zero-order valence-electron chi connectivity index (χ0n) is 29.5. The van der Waals surface area contributed by atoms with Crippen molar-refractivity contribution in [3.63, 3.8) is 0 Å². The van der Waals surface area contributed by atoms with E-state index in [2.05, 4.69) is 65.9 Å². The van der Waals surface area contributed by atoms with Crippen molar-refractivity contribution in [2.75, 3.05) is 19.0 Å². The molecule has 0 spiro atoms. The first-order valence-corrected chi connectivity index (χ1v) is 18.9. The quantitative estimate of drug-likeness (QED) is 0.223. The van der Waals surface area contributed by atoms with Gasteiger partial charge in [-0.1, -0.05) is 60.6 Å². The second-order valence-electron chi connectivity index (χ2n) is 17.4. The first-order valence-electron chi connectivity index (χ1n) is 18.4. The summed E-state index contributed by atoms with van der Waals surface area (Å²) in [6.45, 7) is 20.6. The molecule has 0 amide bonds. The van der Waals surface area contributed by atoms with Gasteiger partial charge in [0, 0.05) is 24.4 Å². The average molecular weight is 638 g/mol. The summed E-state index contributed by atoms with van der Waals surface area (Å²) in [6, 6.07) is 0. The lowest BCUT2D eigenvalue weighted by atomic mass is 9.33. The van der Waals surface area contributed by atoms with E-state index < -0.39 is 0 Å². The normalized spacial score (nSPS) is 42.3. The van der Waals surface area contributed by atoms with E-state index in [4.69, 9.17) is 16.3 Å². The lowest BCUT2D eigenvalue weighted by molar-refractivity contribution is -0.196. The zero-order chi connectivity index (χ0) is 32.6. The number of ketones is 1. The molecule has 1 N–H and O–H groups in total. The summed E-state index contributed by atoms with van der Waals surface area (Å²) in [5.74, 6) is 2.97. The number of carbonyl (C=O) groups excluding carboxylic acids is 2. The first-order chi connectivity index (χ1) is 21.2. The molecule has 6 rings (SSSR count). The fourth-order valence-corrected chi connectivity index (χ4v) is 12.9. The summed E-state index contributed by atoms with van der Waals surface area (Å²) >= 11 is 6.22. The first kappa shape index (κ1) is 33.5. The van der Waals surface area contributed by atoms with E-state index in [1.165, 1.54) is 43.3 Å². The summed E-state index contributed by atoms with van der Waals surface area (Å²) in [7, 11) is 0. The molecule has 4 nitrogen and oxygen atoms in total. The van der Waals surface area contributed by atoms with Gasteiger partial charge in [0.15, 0.2) is 5.78 Å². The lowest BCUT2D eigenvalue weighted by Gasteiger charge is -2.71. The Bertz CT molecular complexity index is 1320. The van der Waals surface area contributed by atoms with E-state index in [0.717, 1.165) is 44.2 Å². The summed E-state index contributed by atoms with van der Waals surface area (Å²) in [5, 5.41) is 3.86. The Morgan fingerprint density at radius 2 is 1.76 bits per heavy atom. The molecule has 45 heavy (non-hydrogen) atoms. The fourth-order valence-electron chi connectivity index (χ4n) is 12.8. The molecular formula is C40H60ClNO3. The van der Waals surface area contributed by atoms with Crippen LogP contribution in [0.15, 0.2) is 34.4 Å². The molecule has 3 saturated carbocycles. The van der Waals surface area contributed by atoms with Crippen LogP contribution < -0.4 is 5.32 Å². The van der Waals surface area contributed by atoms with E-state index in [0.29, 0.717) is 42.4 Å². The van der Waals surface area contributed by atoms with Crippen LogP contribution in [0.25, 0.3) is 0 Å². The van der Waals surface area contributed by atoms with Crippen LogP contribution in [0.5, 0.6) is 0 Å². The maximum atomic E-state index is 13.7. The Kier molecular flexibility index (Phi) is 8.67. The van der Waals surface area contributed by atoms with Crippen LogP contribution in [-0.2, 0) is 14.3 Å². The number of rotatable bonds is 7. The van der Waals surface area contributed by atoms with Crippen molar-refractivity contribution in [2.45, 2.75) is 132 Å². The molecular weight excluding hydrogens is 578 g/mol. The topological polar surface area (TPSA) is 55.4 Å². The van der Waals surface area contributed by atoms with E-state index in [1.54, 1.807) is 5.57 Å². The second-order valence-corrected chi connectivity index (χ2v) is 17.8. The average Bonchev–Trinajstić information content (AvgIpc) is 3.28. The molecule has 0 aromatic rings. The molecule has 5 heteroatoms. The van der Waals surface area contributed by atoms with Gasteiger partial charge in [-0.2, -0.15) is 0 Å². The zero-order valence-corrected chi connectivity index (χ0v) is 30.3. The van der Waals surface area contributed by atoms with Gasteiger partial charge in [-0.15, -0.1) is 11.6 Å². The molecule has 0 aliphatic heterocycles. The van der Waals surface area contributed by atoms with Gasteiger partial charge in [-0.3, -0.25) is 9.59 Å². The molecule has 0 aromatic carbocycles. The number of ether oxygens (including phenoxy) is 1. The highest BCUT2D eigenvalue weighted by atomic mass is 35.5. The minimum Gasteiger partial charge on any atom is -0.466 e. The number of halogens is 1. The van der Waals surface area contributed by atoms with Crippen molar-refractivity contribution in [1.29, 1.82) is 0 Å². The van der Waals surface area contributed by atoms with Crippen LogP contribution in [0.4, 0.5) is 0 Å². The van der Waals surface area contributed by atoms with Gasteiger partial charge in [-0.25, -0.2) is 0 Å². The molecule has 3 unspecified atom stereocenters. The number of Topliss-reactive ketones (excluding diaryl/α,β-unsaturated/α-hetero) is 1. The lowest BCUT2D eigenvalue weighted by Crippen LogP contribution is -2.66. The second kappa shape index (κ2) is 11.6. The Balaban J connectivity index is 1.33. The molecule has 6 aliphatic rings. The SMILES string of the molecule is CCOC(=O)C1CC=C(C2=CC[C@@]3(C)C(CC[C@]4(C)C3CC[C@@H]3C5=C(C(C)C)C(=O)C[C@]5(NCCCl)CC[C@]34C)C2(C)C)CC1. The van der Waals surface area contributed by atoms with Crippen molar-refractivity contribution < 1.29 is 14.3 Å². The molecule has 250 valence electrons. The van der Waals surface area contributed by atoms with Crippen molar-refractivity contribution in [3.8, 4) is 0 Å². The smallest absolute Gasteiger partial charge is 0.309 e. The predicted octanol–water partition coefficient (Wildman–Crippen LogP) is 9.37. The van der Waals surface area contributed by atoms with Crippen molar-refractivity contribution in [2.24, 2.45) is 51.2 Å². The van der Waals surface area contributed by atoms with Crippen LogP contribution in [0.2, 0.25) is 0 Å². The van der Waals surface area contributed by atoms with Gasteiger partial charge < -0.3 is 10.1 Å². The molecule has 0 aromatic heterocycles. The fraction of sp³-hybridized carbons (Fsp3) is 0.800. The van der Waals surface area contributed by atoms with Gasteiger partial charge >= 0.3 is 5.97 Å². The summed E-state index contributed by atoms with van der Waals surface area (Å²) in [5.41, 5.74) is 6.26. The maximum absolute atomic E-state index is 13.7. The number of hydrogen-bond donors (Lipinski definition) is 1.